The van der Waals surface area contributed by atoms with E-state index in [4.69, 9.17) is 0 Å². The summed E-state index contributed by atoms with van der Waals surface area (Å²) in [5, 5.41) is 2.77. The van der Waals surface area contributed by atoms with Crippen molar-refractivity contribution in [3.8, 4) is 0 Å². The van der Waals surface area contributed by atoms with Crippen LogP contribution in [0.5, 0.6) is 0 Å². The van der Waals surface area contributed by atoms with Crippen molar-refractivity contribution in [1.82, 2.24) is 9.97 Å². The maximum atomic E-state index is 13.6. The third-order valence-corrected chi connectivity index (χ3v) is 3.47. The van der Waals surface area contributed by atoms with Gasteiger partial charge in [0.05, 0.1) is 12.0 Å². The summed E-state index contributed by atoms with van der Waals surface area (Å²) in [5.41, 5.74) is 0.00448. The van der Waals surface area contributed by atoms with Crippen molar-refractivity contribution in [2.45, 2.75) is 0 Å². The molecule has 1 aromatic carbocycles. The number of anilines is 2. The van der Waals surface area contributed by atoms with E-state index < -0.39 is 5.82 Å². The van der Waals surface area contributed by atoms with Gasteiger partial charge in [0.2, 0.25) is 0 Å². The Morgan fingerprint density at radius 3 is 2.94 bits per heavy atom. The predicted octanol–water partition coefficient (Wildman–Crippen LogP) is 3.02. The summed E-state index contributed by atoms with van der Waals surface area (Å²) in [6, 6.07) is 4.60. The molecule has 0 aliphatic rings. The van der Waals surface area contributed by atoms with Gasteiger partial charge in [-0.15, -0.1) is 0 Å². The Labute approximate surface area is 118 Å². The van der Waals surface area contributed by atoms with Crippen molar-refractivity contribution < 1.29 is 4.39 Å². The number of aromatic nitrogens is 2. The van der Waals surface area contributed by atoms with Crippen LogP contribution in [-0.4, -0.2) is 9.97 Å². The predicted molar refractivity (Wildman–Crippen MR) is 75.0 cm³/mol. The van der Waals surface area contributed by atoms with Gasteiger partial charge in [-0.25, -0.2) is 9.37 Å². The largest absolute Gasteiger partial charge is 0.337 e. The summed E-state index contributed by atoms with van der Waals surface area (Å²) in [6.45, 7) is 0. The Morgan fingerprint density at radius 2 is 2.24 bits per heavy atom. The van der Waals surface area contributed by atoms with Gasteiger partial charge in [0.25, 0.3) is 5.56 Å². The smallest absolute Gasteiger partial charge is 0.266 e. The molecule has 2 aromatic rings. The van der Waals surface area contributed by atoms with E-state index in [0.29, 0.717) is 13.9 Å². The molecule has 0 bridgehead atoms. The van der Waals surface area contributed by atoms with E-state index >= 15 is 0 Å². The summed E-state index contributed by atoms with van der Waals surface area (Å²) < 4.78 is 14.6. The molecule has 1 heterocycles. The van der Waals surface area contributed by atoms with Crippen LogP contribution in [0.1, 0.15) is 0 Å². The topological polar surface area (TPSA) is 57.8 Å². The monoisotopic (exact) mass is 409 g/mol. The molecule has 0 radical (unpaired) electrons. The van der Waals surface area contributed by atoms with E-state index in [1.165, 1.54) is 12.4 Å². The highest BCUT2D eigenvalue weighted by molar-refractivity contribution is 14.1. The van der Waals surface area contributed by atoms with E-state index in [9.17, 15) is 9.18 Å². The van der Waals surface area contributed by atoms with E-state index in [0.717, 1.165) is 0 Å². The highest BCUT2D eigenvalue weighted by Gasteiger charge is 2.08. The van der Waals surface area contributed by atoms with Gasteiger partial charge in [-0.3, -0.25) is 4.79 Å². The molecule has 17 heavy (non-hydrogen) atoms. The number of aromatic amines is 1. The maximum absolute atomic E-state index is 13.6. The number of benzene rings is 1. The molecule has 2 rings (SSSR count). The third-order valence-electron chi connectivity index (χ3n) is 1.98. The van der Waals surface area contributed by atoms with Crippen molar-refractivity contribution >= 4 is 50.0 Å². The Balaban J connectivity index is 2.38. The van der Waals surface area contributed by atoms with Gasteiger partial charge in [0.15, 0.2) is 5.82 Å². The highest BCUT2D eigenvalue weighted by Crippen LogP contribution is 2.23. The molecule has 0 unspecified atom stereocenters. The number of H-pyrrole nitrogens is 1. The average molecular weight is 410 g/mol. The zero-order valence-electron chi connectivity index (χ0n) is 8.30. The molecule has 0 saturated carbocycles. The lowest BCUT2D eigenvalue weighted by Gasteiger charge is -2.07. The molecule has 0 saturated heterocycles. The SMILES string of the molecule is O=c1[nH]cnc(Nc2ccc(Br)cc2F)c1I. The van der Waals surface area contributed by atoms with E-state index in [-0.39, 0.29) is 11.2 Å². The van der Waals surface area contributed by atoms with Crippen LogP contribution >= 0.6 is 38.5 Å². The van der Waals surface area contributed by atoms with E-state index in [2.05, 4.69) is 31.2 Å². The van der Waals surface area contributed by atoms with E-state index in [1.807, 2.05) is 22.6 Å². The van der Waals surface area contributed by atoms with Crippen molar-refractivity contribution in [3.63, 3.8) is 0 Å². The fraction of sp³-hybridized carbons (Fsp3) is 0. The number of hydrogen-bond acceptors (Lipinski definition) is 3. The molecular formula is C10H6BrFIN3O. The molecule has 0 fully saturated rings. The highest BCUT2D eigenvalue weighted by atomic mass is 127. The minimum Gasteiger partial charge on any atom is -0.337 e. The molecule has 88 valence electrons. The minimum atomic E-state index is -0.419. The second-order valence-electron chi connectivity index (χ2n) is 3.14. The number of rotatable bonds is 2. The summed E-state index contributed by atoms with van der Waals surface area (Å²) in [6.07, 6.45) is 1.27. The summed E-state index contributed by atoms with van der Waals surface area (Å²) in [5.74, 6) is -0.0900. The third kappa shape index (κ3) is 2.83. The van der Waals surface area contributed by atoms with Crippen LogP contribution in [-0.2, 0) is 0 Å². The molecule has 7 heteroatoms. The zero-order valence-corrected chi connectivity index (χ0v) is 12.0. The fourth-order valence-electron chi connectivity index (χ4n) is 1.19. The Hall–Kier alpha value is -0.960. The lowest BCUT2D eigenvalue weighted by atomic mass is 10.3. The molecule has 2 N–H and O–H groups in total. The second-order valence-corrected chi connectivity index (χ2v) is 5.14. The lowest BCUT2D eigenvalue weighted by Crippen LogP contribution is -2.13. The standard InChI is InChI=1S/C10H6BrFIN3O/c11-5-1-2-7(6(12)3-5)16-9-8(13)10(17)15-4-14-9/h1-4H,(H2,14,15,16,17). The van der Waals surface area contributed by atoms with Gasteiger partial charge < -0.3 is 10.3 Å². The lowest BCUT2D eigenvalue weighted by molar-refractivity contribution is 0.631. The average Bonchev–Trinajstić information content (AvgIpc) is 2.28. The summed E-state index contributed by atoms with van der Waals surface area (Å²) >= 11 is 5.02. The van der Waals surface area contributed by atoms with Gasteiger partial charge in [0.1, 0.15) is 9.39 Å². The Bertz CT molecular complexity index is 617. The quantitative estimate of drug-likeness (QED) is 0.749. The van der Waals surface area contributed by atoms with Gasteiger partial charge in [0, 0.05) is 4.47 Å². The zero-order chi connectivity index (χ0) is 12.4. The van der Waals surface area contributed by atoms with Crippen LogP contribution in [0.4, 0.5) is 15.9 Å². The molecule has 0 amide bonds. The molecule has 1 aromatic heterocycles. The van der Waals surface area contributed by atoms with Crippen LogP contribution in [0, 0.1) is 9.39 Å². The number of nitrogens with zero attached hydrogens (tertiary/aromatic N) is 1. The Kier molecular flexibility index (Phi) is 3.77. The van der Waals surface area contributed by atoms with Crippen molar-refractivity contribution in [1.29, 1.82) is 0 Å². The van der Waals surface area contributed by atoms with Crippen LogP contribution in [0.15, 0.2) is 33.8 Å². The van der Waals surface area contributed by atoms with Crippen molar-refractivity contribution in [3.05, 3.63) is 48.7 Å². The molecule has 4 nitrogen and oxygen atoms in total. The Morgan fingerprint density at radius 1 is 1.47 bits per heavy atom. The second kappa shape index (κ2) is 5.13. The first-order valence-corrected chi connectivity index (χ1v) is 6.40. The molecular weight excluding hydrogens is 404 g/mol. The number of halogens is 3. The van der Waals surface area contributed by atoms with Crippen LogP contribution in [0.2, 0.25) is 0 Å². The first kappa shape index (κ1) is 12.5. The maximum Gasteiger partial charge on any atom is 0.266 e. The number of hydrogen-bond donors (Lipinski definition) is 2. The molecule has 0 aliphatic heterocycles. The van der Waals surface area contributed by atoms with Gasteiger partial charge in [-0.1, -0.05) is 15.9 Å². The van der Waals surface area contributed by atoms with Crippen molar-refractivity contribution in [2.75, 3.05) is 5.32 Å². The van der Waals surface area contributed by atoms with Crippen LogP contribution < -0.4 is 10.9 Å². The molecule has 0 aliphatic carbocycles. The van der Waals surface area contributed by atoms with Crippen LogP contribution in [0.3, 0.4) is 0 Å². The first-order chi connectivity index (χ1) is 8.08. The molecule has 0 spiro atoms. The minimum absolute atomic E-state index is 0.263. The first-order valence-electron chi connectivity index (χ1n) is 4.53. The number of nitrogens with one attached hydrogen (secondary N) is 2. The summed E-state index contributed by atoms with van der Waals surface area (Å²) in [7, 11) is 0. The van der Waals surface area contributed by atoms with Gasteiger partial charge >= 0.3 is 0 Å². The van der Waals surface area contributed by atoms with E-state index in [1.54, 1.807) is 12.1 Å². The van der Waals surface area contributed by atoms with Gasteiger partial charge in [-0.05, 0) is 40.8 Å². The van der Waals surface area contributed by atoms with Gasteiger partial charge in [-0.2, -0.15) is 0 Å². The molecule has 0 atom stereocenters. The van der Waals surface area contributed by atoms with Crippen molar-refractivity contribution in [2.24, 2.45) is 0 Å². The summed E-state index contributed by atoms with van der Waals surface area (Å²) in [4.78, 5) is 17.7. The normalized spacial score (nSPS) is 10.3. The van der Waals surface area contributed by atoms with Crippen LogP contribution in [0.25, 0.3) is 0 Å². The fourth-order valence-corrected chi connectivity index (χ4v) is 1.95.